The summed E-state index contributed by atoms with van der Waals surface area (Å²) in [6.07, 6.45) is 3.33. The van der Waals surface area contributed by atoms with E-state index in [2.05, 4.69) is 16.9 Å². The minimum atomic E-state index is -0.258. The van der Waals surface area contributed by atoms with E-state index in [1.165, 1.54) is 4.90 Å². The average molecular weight is 392 g/mol. The van der Waals surface area contributed by atoms with Crippen molar-refractivity contribution in [2.45, 2.75) is 6.54 Å². The molecule has 0 atom stereocenters. The lowest BCUT2D eigenvalue weighted by molar-refractivity contribution is -0.138. The van der Waals surface area contributed by atoms with Crippen molar-refractivity contribution in [2.24, 2.45) is 0 Å². The highest BCUT2D eigenvalue weighted by molar-refractivity contribution is 6.35. The summed E-state index contributed by atoms with van der Waals surface area (Å²) >= 11 is 0. The summed E-state index contributed by atoms with van der Waals surface area (Å²) in [7, 11) is 3.66. The van der Waals surface area contributed by atoms with Gasteiger partial charge in [-0.1, -0.05) is 12.1 Å². The van der Waals surface area contributed by atoms with Gasteiger partial charge in [0.05, 0.1) is 19.2 Å². The summed E-state index contributed by atoms with van der Waals surface area (Å²) in [5, 5.41) is 0. The van der Waals surface area contributed by atoms with Crippen LogP contribution in [0.1, 0.15) is 11.1 Å². The molecule has 0 N–H and O–H groups in total. The number of methoxy groups -OCH3 is 1. The van der Waals surface area contributed by atoms with Crippen LogP contribution in [-0.4, -0.2) is 71.8 Å². The van der Waals surface area contributed by atoms with Crippen LogP contribution in [0, 0.1) is 0 Å². The zero-order chi connectivity index (χ0) is 20.4. The number of benzene rings is 1. The van der Waals surface area contributed by atoms with E-state index in [1.54, 1.807) is 19.5 Å². The number of aromatic nitrogens is 1. The van der Waals surface area contributed by atoms with Crippen molar-refractivity contribution < 1.29 is 14.3 Å². The van der Waals surface area contributed by atoms with Gasteiger partial charge in [-0.2, -0.15) is 0 Å². The van der Waals surface area contributed by atoms with Gasteiger partial charge in [0.25, 0.3) is 11.8 Å². The first-order valence-electron chi connectivity index (χ1n) is 9.66. The predicted octanol–water partition coefficient (Wildman–Crippen LogP) is 1.62. The second-order valence-corrected chi connectivity index (χ2v) is 7.29. The molecule has 1 fully saturated rings. The van der Waals surface area contributed by atoms with Crippen molar-refractivity contribution >= 4 is 17.4 Å². The number of rotatable bonds is 5. The van der Waals surface area contributed by atoms with Crippen LogP contribution in [0.3, 0.4) is 0 Å². The molecule has 1 aromatic heterocycles. The molecule has 7 nitrogen and oxygen atoms in total. The molecule has 0 spiro atoms. The van der Waals surface area contributed by atoms with E-state index in [9.17, 15) is 9.59 Å². The molecule has 29 heavy (non-hydrogen) atoms. The average Bonchev–Trinajstić information content (AvgIpc) is 3.00. The summed E-state index contributed by atoms with van der Waals surface area (Å²) in [6, 6.07) is 10.9. The molecule has 0 bridgehead atoms. The van der Waals surface area contributed by atoms with Crippen LogP contribution in [0.4, 0.5) is 0 Å². The van der Waals surface area contributed by atoms with E-state index in [1.807, 2.05) is 41.3 Å². The number of amides is 2. The number of piperazine rings is 1. The van der Waals surface area contributed by atoms with Crippen LogP contribution in [0.25, 0.3) is 5.57 Å². The minimum absolute atomic E-state index is 0.233. The molecule has 2 aliphatic rings. The zero-order valence-electron chi connectivity index (χ0n) is 16.7. The first-order valence-corrected chi connectivity index (χ1v) is 9.66. The number of nitrogens with zero attached hydrogens (tertiary/aromatic N) is 4. The van der Waals surface area contributed by atoms with Crippen molar-refractivity contribution in [3.8, 4) is 5.75 Å². The second-order valence-electron chi connectivity index (χ2n) is 7.29. The topological polar surface area (TPSA) is 66.0 Å². The Balaban J connectivity index is 1.72. The molecule has 7 heteroatoms. The lowest BCUT2D eigenvalue weighted by atomic mass is 10.0. The summed E-state index contributed by atoms with van der Waals surface area (Å²) in [6.45, 7) is 3.37. The molecule has 2 aliphatic heterocycles. The highest BCUT2D eigenvalue weighted by atomic mass is 16.5. The number of ether oxygens (including phenoxy) is 1. The van der Waals surface area contributed by atoms with Gasteiger partial charge in [0.2, 0.25) is 0 Å². The third kappa shape index (κ3) is 3.73. The van der Waals surface area contributed by atoms with E-state index in [0.717, 1.165) is 24.2 Å². The number of hydrogen-bond donors (Lipinski definition) is 0. The smallest absolute Gasteiger partial charge is 0.278 e. The number of imide groups is 1. The van der Waals surface area contributed by atoms with Crippen molar-refractivity contribution in [3.63, 3.8) is 0 Å². The van der Waals surface area contributed by atoms with Gasteiger partial charge in [0.15, 0.2) is 0 Å². The first-order chi connectivity index (χ1) is 14.1. The molecule has 2 aromatic rings. The van der Waals surface area contributed by atoms with Gasteiger partial charge < -0.3 is 14.5 Å². The maximum Gasteiger partial charge on any atom is 0.278 e. The Labute approximate surface area is 170 Å². The predicted molar refractivity (Wildman–Crippen MR) is 109 cm³/mol. The highest BCUT2D eigenvalue weighted by Crippen LogP contribution is 2.33. The highest BCUT2D eigenvalue weighted by Gasteiger charge is 2.41. The van der Waals surface area contributed by atoms with E-state index in [4.69, 9.17) is 4.74 Å². The molecule has 0 radical (unpaired) electrons. The van der Waals surface area contributed by atoms with Crippen LogP contribution in [0.15, 0.2) is 54.5 Å². The van der Waals surface area contributed by atoms with E-state index >= 15 is 0 Å². The maximum atomic E-state index is 13.4. The molecule has 0 aliphatic carbocycles. The van der Waals surface area contributed by atoms with Gasteiger partial charge in [-0.05, 0) is 42.4 Å². The fraction of sp³-hybridized carbons (Fsp3) is 0.318. The van der Waals surface area contributed by atoms with Gasteiger partial charge in [-0.15, -0.1) is 0 Å². The fourth-order valence-electron chi connectivity index (χ4n) is 3.72. The first kappa shape index (κ1) is 19.1. The molecule has 150 valence electrons. The summed E-state index contributed by atoms with van der Waals surface area (Å²) in [4.78, 5) is 36.3. The lowest BCUT2D eigenvalue weighted by Gasteiger charge is -2.34. The number of likely N-dealkylation sites (N-methyl/N-ethyl adjacent to an activating group) is 1. The molecule has 1 aromatic carbocycles. The monoisotopic (exact) mass is 392 g/mol. The molecule has 2 amide bonds. The van der Waals surface area contributed by atoms with Crippen molar-refractivity contribution in [1.29, 1.82) is 0 Å². The minimum Gasteiger partial charge on any atom is -0.497 e. The standard InChI is InChI=1S/C22H24N4O3/c1-24-11-13-25(14-12-24)20-19(17-3-5-18(29-2)6-4-17)21(27)26(22(20)28)15-16-7-9-23-10-8-16/h3-10H,11-15H2,1-2H3. The fourth-order valence-corrected chi connectivity index (χ4v) is 3.72. The van der Waals surface area contributed by atoms with Crippen molar-refractivity contribution in [3.05, 3.63) is 65.6 Å². The van der Waals surface area contributed by atoms with Gasteiger partial charge in [-0.25, -0.2) is 0 Å². The Morgan fingerprint density at radius 1 is 0.931 bits per heavy atom. The Bertz CT molecular complexity index is 932. The second kappa shape index (κ2) is 8.05. The number of hydrogen-bond acceptors (Lipinski definition) is 6. The third-order valence-corrected chi connectivity index (χ3v) is 5.43. The number of pyridine rings is 1. The molecular weight excluding hydrogens is 368 g/mol. The largest absolute Gasteiger partial charge is 0.497 e. The molecule has 0 unspecified atom stereocenters. The van der Waals surface area contributed by atoms with Gasteiger partial charge in [-0.3, -0.25) is 19.5 Å². The summed E-state index contributed by atoms with van der Waals surface area (Å²) in [5.41, 5.74) is 2.57. The maximum absolute atomic E-state index is 13.4. The van der Waals surface area contributed by atoms with Gasteiger partial charge in [0.1, 0.15) is 11.4 Å². The Hall–Kier alpha value is -3.19. The quantitative estimate of drug-likeness (QED) is 0.721. The SMILES string of the molecule is COc1ccc(C2=C(N3CCN(C)CC3)C(=O)N(Cc3ccncc3)C2=O)cc1. The summed E-state index contributed by atoms with van der Waals surface area (Å²) in [5.74, 6) is 0.217. The molecule has 4 rings (SSSR count). The van der Waals surface area contributed by atoms with Crippen LogP contribution in [0.2, 0.25) is 0 Å². The van der Waals surface area contributed by atoms with E-state index in [0.29, 0.717) is 30.1 Å². The van der Waals surface area contributed by atoms with Crippen molar-refractivity contribution in [1.82, 2.24) is 19.7 Å². The van der Waals surface area contributed by atoms with Crippen molar-refractivity contribution in [2.75, 3.05) is 40.3 Å². The summed E-state index contributed by atoms with van der Waals surface area (Å²) < 4.78 is 5.23. The van der Waals surface area contributed by atoms with Crippen LogP contribution < -0.4 is 4.74 Å². The number of carbonyl (C=O) groups excluding carboxylic acids is 2. The molecule has 3 heterocycles. The third-order valence-electron chi connectivity index (χ3n) is 5.43. The Morgan fingerprint density at radius 2 is 1.59 bits per heavy atom. The van der Waals surface area contributed by atoms with E-state index < -0.39 is 0 Å². The van der Waals surface area contributed by atoms with Crippen LogP contribution in [0.5, 0.6) is 5.75 Å². The van der Waals surface area contributed by atoms with Gasteiger partial charge >= 0.3 is 0 Å². The Morgan fingerprint density at radius 3 is 2.21 bits per heavy atom. The van der Waals surface area contributed by atoms with Gasteiger partial charge in [0, 0.05) is 38.6 Å². The molecular formula is C22H24N4O3. The van der Waals surface area contributed by atoms with E-state index in [-0.39, 0.29) is 18.4 Å². The Kier molecular flexibility index (Phi) is 5.31. The number of carbonyl (C=O) groups is 2. The zero-order valence-corrected chi connectivity index (χ0v) is 16.7. The molecule has 0 saturated carbocycles. The van der Waals surface area contributed by atoms with Crippen LogP contribution >= 0.6 is 0 Å². The molecule has 1 saturated heterocycles. The normalized spacial score (nSPS) is 18.0. The van der Waals surface area contributed by atoms with Crippen LogP contribution in [-0.2, 0) is 16.1 Å². The lowest BCUT2D eigenvalue weighted by Crippen LogP contribution is -2.46.